The number of carbonyl (C=O) groups excluding carboxylic acids is 2. The molecule has 0 bridgehead atoms. The van der Waals surface area contributed by atoms with Crippen LogP contribution in [0.4, 0.5) is 0 Å². The highest BCUT2D eigenvalue weighted by Crippen LogP contribution is 2.26. The summed E-state index contributed by atoms with van der Waals surface area (Å²) in [5.74, 6) is -0.922. The summed E-state index contributed by atoms with van der Waals surface area (Å²) in [6.45, 7) is 1.48. The molecule has 2 N–H and O–H groups in total. The molecule has 2 aliphatic heterocycles. The third-order valence-electron chi connectivity index (χ3n) is 5.98. The van der Waals surface area contributed by atoms with Crippen molar-refractivity contribution in [3.8, 4) is 5.88 Å². The van der Waals surface area contributed by atoms with Crippen LogP contribution < -0.4 is 10.1 Å². The van der Waals surface area contributed by atoms with E-state index >= 15 is 0 Å². The molecular formula is C24H28N4O4. The first-order valence-corrected chi connectivity index (χ1v) is 10.8. The Morgan fingerprint density at radius 3 is 2.62 bits per heavy atom. The van der Waals surface area contributed by atoms with Gasteiger partial charge >= 0.3 is 0 Å². The molecule has 1 aromatic heterocycles. The van der Waals surface area contributed by atoms with Crippen molar-refractivity contribution in [1.29, 1.82) is 0 Å². The zero-order chi connectivity index (χ0) is 22.5. The summed E-state index contributed by atoms with van der Waals surface area (Å²) in [5.41, 5.74) is 2.39. The lowest BCUT2D eigenvalue weighted by Crippen LogP contribution is -2.60. The molecule has 1 fully saturated rings. The number of nitrogens with one attached hydrogen (secondary N) is 1. The average Bonchev–Trinajstić information content (AvgIpc) is 2.84. The third kappa shape index (κ3) is 4.98. The number of aromatic nitrogens is 1. The summed E-state index contributed by atoms with van der Waals surface area (Å²) in [6, 6.07) is 14.8. The highest BCUT2D eigenvalue weighted by Gasteiger charge is 2.42. The lowest BCUT2D eigenvalue weighted by molar-refractivity contribution is -0.169. The number of rotatable bonds is 5. The predicted octanol–water partition coefficient (Wildman–Crippen LogP) is 1.97. The van der Waals surface area contributed by atoms with Crippen LogP contribution in [0.5, 0.6) is 5.88 Å². The van der Waals surface area contributed by atoms with Crippen LogP contribution in [0.3, 0.4) is 0 Å². The third-order valence-corrected chi connectivity index (χ3v) is 5.98. The van der Waals surface area contributed by atoms with E-state index in [1.54, 1.807) is 23.2 Å². The molecule has 4 rings (SSSR count). The number of hydrogen-bond acceptors (Lipinski definition) is 6. The normalized spacial score (nSPS) is 23.2. The van der Waals surface area contributed by atoms with E-state index in [0.29, 0.717) is 37.0 Å². The number of nitrogens with zero attached hydrogens (tertiary/aromatic N) is 3. The Labute approximate surface area is 187 Å². The standard InChI is InChI=1S/C24H28N4O4/c1-27(31)23(29)20-15-19(32-21-9-5-6-12-25-21)16-26-22(20)24(30)28-13-10-18(11-14-28)17-7-3-2-4-8-17/h2-10,12,19-20,22,26,31H,11,13-16H2,1H3/t19-,20-,22-/m0/s1. The fourth-order valence-electron chi connectivity index (χ4n) is 4.30. The van der Waals surface area contributed by atoms with E-state index < -0.39 is 17.9 Å². The number of ether oxygens (including phenoxy) is 1. The van der Waals surface area contributed by atoms with Gasteiger partial charge in [-0.2, -0.15) is 0 Å². The zero-order valence-corrected chi connectivity index (χ0v) is 18.1. The number of amides is 2. The van der Waals surface area contributed by atoms with Gasteiger partial charge in [0.1, 0.15) is 6.10 Å². The molecule has 0 unspecified atom stereocenters. The first-order chi connectivity index (χ1) is 15.5. The highest BCUT2D eigenvalue weighted by molar-refractivity contribution is 5.90. The van der Waals surface area contributed by atoms with Crippen LogP contribution in [0.15, 0.2) is 60.8 Å². The minimum atomic E-state index is -0.737. The fraction of sp³-hybridized carbons (Fsp3) is 0.375. The summed E-state index contributed by atoms with van der Waals surface area (Å²) in [6.07, 6.45) is 4.43. The predicted molar refractivity (Wildman–Crippen MR) is 119 cm³/mol. The van der Waals surface area contributed by atoms with E-state index in [1.807, 2.05) is 24.3 Å². The number of benzene rings is 1. The monoisotopic (exact) mass is 436 g/mol. The average molecular weight is 437 g/mol. The molecular weight excluding hydrogens is 408 g/mol. The second kappa shape index (κ2) is 9.93. The van der Waals surface area contributed by atoms with Gasteiger partial charge < -0.3 is 15.0 Å². The largest absolute Gasteiger partial charge is 0.473 e. The molecule has 0 aliphatic carbocycles. The van der Waals surface area contributed by atoms with Gasteiger partial charge in [-0.15, -0.1) is 0 Å². The van der Waals surface area contributed by atoms with Crippen molar-refractivity contribution >= 4 is 17.4 Å². The first kappa shape index (κ1) is 22.0. The first-order valence-electron chi connectivity index (χ1n) is 10.8. The Morgan fingerprint density at radius 2 is 1.97 bits per heavy atom. The Morgan fingerprint density at radius 1 is 1.19 bits per heavy atom. The van der Waals surface area contributed by atoms with Crippen LogP contribution in [0.1, 0.15) is 18.4 Å². The van der Waals surface area contributed by atoms with Crippen LogP contribution in [0, 0.1) is 5.92 Å². The lowest BCUT2D eigenvalue weighted by Gasteiger charge is -2.39. The topological polar surface area (TPSA) is 95.0 Å². The van der Waals surface area contributed by atoms with Crippen LogP contribution in [-0.4, -0.2) is 70.8 Å². The summed E-state index contributed by atoms with van der Waals surface area (Å²) in [4.78, 5) is 32.0. The molecule has 32 heavy (non-hydrogen) atoms. The van der Waals surface area contributed by atoms with Crippen molar-refractivity contribution < 1.29 is 19.5 Å². The van der Waals surface area contributed by atoms with Gasteiger partial charge in [-0.25, -0.2) is 10.0 Å². The smallest absolute Gasteiger partial charge is 0.251 e. The quantitative estimate of drug-likeness (QED) is 0.550. The zero-order valence-electron chi connectivity index (χ0n) is 18.1. The van der Waals surface area contributed by atoms with E-state index in [2.05, 4.69) is 28.5 Å². The Balaban J connectivity index is 1.45. The molecule has 3 atom stereocenters. The van der Waals surface area contributed by atoms with E-state index in [4.69, 9.17) is 4.74 Å². The van der Waals surface area contributed by atoms with Crippen molar-refractivity contribution in [3.63, 3.8) is 0 Å². The Kier molecular flexibility index (Phi) is 6.82. The Hall–Kier alpha value is -3.23. The van der Waals surface area contributed by atoms with Gasteiger partial charge in [-0.3, -0.25) is 14.8 Å². The Bertz CT molecular complexity index is 964. The number of carbonyl (C=O) groups is 2. The summed E-state index contributed by atoms with van der Waals surface area (Å²) in [5, 5.41) is 13.5. The minimum absolute atomic E-state index is 0.134. The molecule has 0 saturated carbocycles. The number of hydrogen-bond donors (Lipinski definition) is 2. The molecule has 8 heteroatoms. The molecule has 1 saturated heterocycles. The molecule has 0 spiro atoms. The molecule has 8 nitrogen and oxygen atoms in total. The van der Waals surface area contributed by atoms with Crippen molar-refractivity contribution in [2.24, 2.45) is 5.92 Å². The molecule has 2 aliphatic rings. The van der Waals surface area contributed by atoms with Gasteiger partial charge in [0.25, 0.3) is 5.91 Å². The highest BCUT2D eigenvalue weighted by atomic mass is 16.5. The summed E-state index contributed by atoms with van der Waals surface area (Å²) in [7, 11) is 1.28. The van der Waals surface area contributed by atoms with Gasteiger partial charge in [0.2, 0.25) is 11.8 Å². The molecule has 3 heterocycles. The molecule has 0 radical (unpaired) electrons. The van der Waals surface area contributed by atoms with Crippen molar-refractivity contribution in [2.45, 2.75) is 25.0 Å². The molecule has 2 aromatic rings. The number of hydroxylamine groups is 2. The SMILES string of the molecule is CN(O)C(=O)[C@H]1C[C@H](Oc2ccccn2)CN[C@@H]1C(=O)N1CC=C(c2ccccc2)CC1. The van der Waals surface area contributed by atoms with Crippen LogP contribution in [0.25, 0.3) is 5.57 Å². The maximum atomic E-state index is 13.3. The summed E-state index contributed by atoms with van der Waals surface area (Å²) >= 11 is 0. The maximum Gasteiger partial charge on any atom is 0.251 e. The van der Waals surface area contributed by atoms with Gasteiger partial charge in [-0.05, 0) is 30.0 Å². The second-order valence-corrected chi connectivity index (χ2v) is 8.13. The van der Waals surface area contributed by atoms with Gasteiger partial charge in [-0.1, -0.05) is 42.5 Å². The minimum Gasteiger partial charge on any atom is -0.473 e. The van der Waals surface area contributed by atoms with Crippen LogP contribution in [-0.2, 0) is 9.59 Å². The molecule has 2 amide bonds. The van der Waals surface area contributed by atoms with E-state index in [9.17, 15) is 14.8 Å². The van der Waals surface area contributed by atoms with Gasteiger partial charge in [0.15, 0.2) is 0 Å². The number of pyridine rings is 1. The molecule has 1 aromatic carbocycles. The van der Waals surface area contributed by atoms with Gasteiger partial charge in [0, 0.05) is 38.9 Å². The second-order valence-electron chi connectivity index (χ2n) is 8.13. The van der Waals surface area contributed by atoms with Crippen molar-refractivity contribution in [3.05, 3.63) is 66.4 Å². The maximum absolute atomic E-state index is 13.3. The lowest BCUT2D eigenvalue weighted by atomic mass is 9.87. The fourth-order valence-corrected chi connectivity index (χ4v) is 4.30. The van der Waals surface area contributed by atoms with Crippen LogP contribution >= 0.6 is 0 Å². The van der Waals surface area contributed by atoms with Crippen molar-refractivity contribution in [1.82, 2.24) is 20.3 Å². The van der Waals surface area contributed by atoms with E-state index in [-0.39, 0.29) is 12.0 Å². The van der Waals surface area contributed by atoms with Crippen LogP contribution in [0.2, 0.25) is 0 Å². The van der Waals surface area contributed by atoms with E-state index in [0.717, 1.165) is 6.42 Å². The summed E-state index contributed by atoms with van der Waals surface area (Å²) < 4.78 is 5.89. The van der Waals surface area contributed by atoms with Gasteiger partial charge in [0.05, 0.1) is 12.0 Å². The van der Waals surface area contributed by atoms with E-state index in [1.165, 1.54) is 18.2 Å². The van der Waals surface area contributed by atoms with Crippen molar-refractivity contribution in [2.75, 3.05) is 26.7 Å². The number of piperidine rings is 1. The molecule has 168 valence electrons.